The highest BCUT2D eigenvalue weighted by atomic mass is 32.2. The number of rotatable bonds is 6. The zero-order valence-electron chi connectivity index (χ0n) is 19.8. The number of sulfone groups is 1. The Morgan fingerprint density at radius 1 is 1.21 bits per heavy atom. The largest absolute Gasteiger partial charge is 0.474 e. The number of nitrogens with zero attached hydrogens (tertiary/aromatic N) is 4. The molecule has 0 bridgehead atoms. The lowest BCUT2D eigenvalue weighted by Crippen LogP contribution is -2.35. The van der Waals surface area contributed by atoms with Crippen LogP contribution in [0.15, 0.2) is 29.6 Å². The smallest absolute Gasteiger partial charge is 0.247 e. The maximum Gasteiger partial charge on any atom is 0.247 e. The fraction of sp³-hybridized carbons (Fsp3) is 0.458. The van der Waals surface area contributed by atoms with Gasteiger partial charge in [-0.15, -0.1) is 5.10 Å². The summed E-state index contributed by atoms with van der Waals surface area (Å²) in [5, 5.41) is 9.79. The molecule has 0 radical (unpaired) electrons. The molecule has 9 nitrogen and oxygen atoms in total. The van der Waals surface area contributed by atoms with Gasteiger partial charge in [0, 0.05) is 37.2 Å². The van der Waals surface area contributed by atoms with Gasteiger partial charge < -0.3 is 15.0 Å². The van der Waals surface area contributed by atoms with Crippen molar-refractivity contribution in [2.45, 2.75) is 50.3 Å². The highest BCUT2D eigenvalue weighted by Crippen LogP contribution is 2.41. The van der Waals surface area contributed by atoms with E-state index in [1.807, 2.05) is 12.1 Å². The van der Waals surface area contributed by atoms with Gasteiger partial charge in [0.2, 0.25) is 26.8 Å². The number of H-pyrrole nitrogens is 1. The molecule has 1 aromatic carbocycles. The second-order valence-corrected chi connectivity index (χ2v) is 11.2. The van der Waals surface area contributed by atoms with Crippen LogP contribution < -0.4 is 10.1 Å². The quantitative estimate of drug-likeness (QED) is 0.550. The number of aromatic nitrogens is 4. The Hall–Kier alpha value is -2.98. The van der Waals surface area contributed by atoms with Crippen molar-refractivity contribution in [3.8, 4) is 17.0 Å². The molecule has 0 spiro atoms. The van der Waals surface area contributed by atoms with Crippen LogP contribution in [-0.2, 0) is 22.7 Å². The fourth-order valence-electron chi connectivity index (χ4n) is 4.89. The van der Waals surface area contributed by atoms with Crippen molar-refractivity contribution in [2.24, 2.45) is 0 Å². The minimum Gasteiger partial charge on any atom is -0.474 e. The zero-order chi connectivity index (χ0) is 23.9. The van der Waals surface area contributed by atoms with Crippen molar-refractivity contribution in [2.75, 3.05) is 31.7 Å². The van der Waals surface area contributed by atoms with E-state index < -0.39 is 9.84 Å². The maximum absolute atomic E-state index is 11.9. The topological polar surface area (TPSA) is 113 Å². The highest BCUT2D eigenvalue weighted by Gasteiger charge is 2.24. The summed E-state index contributed by atoms with van der Waals surface area (Å²) in [6.07, 6.45) is 8.07. The first-order valence-electron chi connectivity index (χ1n) is 11.6. The summed E-state index contributed by atoms with van der Waals surface area (Å²) < 4.78 is 30.0. The summed E-state index contributed by atoms with van der Waals surface area (Å²) in [7, 11) is -1.34. The van der Waals surface area contributed by atoms with Gasteiger partial charge >= 0.3 is 0 Å². The summed E-state index contributed by atoms with van der Waals surface area (Å²) in [5.74, 6) is 0.855. The predicted octanol–water partition coefficient (Wildman–Crippen LogP) is 3.28. The molecule has 34 heavy (non-hydrogen) atoms. The van der Waals surface area contributed by atoms with Crippen LogP contribution in [0.3, 0.4) is 0 Å². The number of fused-ring (bicyclic) bond motifs is 1. The summed E-state index contributed by atoms with van der Waals surface area (Å²) >= 11 is 0. The highest BCUT2D eigenvalue weighted by molar-refractivity contribution is 7.90. The van der Waals surface area contributed by atoms with Crippen LogP contribution in [0.4, 0.5) is 11.6 Å². The van der Waals surface area contributed by atoms with Gasteiger partial charge in [-0.3, -0.25) is 0 Å². The predicted molar refractivity (Wildman–Crippen MR) is 130 cm³/mol. The number of aryl methyl sites for hydroxylation is 2. The standard InChI is InChI=1S/C24H30N6O3S/c1-15-13-16-5-4-6-19(16)22(26-23-27-24(29-28-23)34(3,31)32)21(15)17-7-10-25-20(14-17)33-18-8-11-30(2)12-9-18/h7,10,13-14,18H,4-6,8-9,11-12H2,1-3H3,(H2,26,27,28,29). The van der Waals surface area contributed by atoms with Crippen molar-refractivity contribution in [3.63, 3.8) is 0 Å². The van der Waals surface area contributed by atoms with Crippen LogP contribution in [-0.4, -0.2) is 66.0 Å². The number of aromatic amines is 1. The van der Waals surface area contributed by atoms with Crippen LogP contribution in [0.5, 0.6) is 5.88 Å². The first-order chi connectivity index (χ1) is 16.3. The lowest BCUT2D eigenvalue weighted by molar-refractivity contribution is 0.110. The van der Waals surface area contributed by atoms with Crippen molar-refractivity contribution >= 4 is 21.5 Å². The number of nitrogens with one attached hydrogen (secondary N) is 2. The molecule has 0 amide bonds. The Balaban J connectivity index is 1.51. The van der Waals surface area contributed by atoms with Gasteiger partial charge in [0.1, 0.15) is 6.10 Å². The first-order valence-corrected chi connectivity index (χ1v) is 13.5. The minimum absolute atomic E-state index is 0.154. The van der Waals surface area contributed by atoms with E-state index in [1.54, 1.807) is 6.20 Å². The van der Waals surface area contributed by atoms with Crippen LogP contribution in [0, 0.1) is 6.92 Å². The number of pyridine rings is 1. The van der Waals surface area contributed by atoms with Gasteiger partial charge in [0.05, 0.1) is 5.69 Å². The van der Waals surface area contributed by atoms with Gasteiger partial charge in [0.25, 0.3) is 0 Å². The van der Waals surface area contributed by atoms with Crippen LogP contribution >= 0.6 is 0 Å². The Morgan fingerprint density at radius 2 is 2.00 bits per heavy atom. The Bertz CT molecular complexity index is 1310. The molecule has 2 aliphatic rings. The number of hydrogen-bond donors (Lipinski definition) is 2. The number of ether oxygens (including phenoxy) is 1. The number of likely N-dealkylation sites (tertiary alicyclic amines) is 1. The SMILES string of the molecule is Cc1cc2c(c(Nc3n[nH]c(S(C)(=O)=O)n3)c1-c1ccnc(OC3CCN(C)CC3)c1)CCC2. The molecule has 3 heterocycles. The summed E-state index contributed by atoms with van der Waals surface area (Å²) in [5.41, 5.74) is 6.59. The lowest BCUT2D eigenvalue weighted by Gasteiger charge is -2.29. The van der Waals surface area contributed by atoms with Crippen molar-refractivity contribution in [3.05, 3.63) is 41.1 Å². The third-order valence-electron chi connectivity index (χ3n) is 6.63. The third-order valence-corrected chi connectivity index (χ3v) is 7.51. The molecular weight excluding hydrogens is 452 g/mol. The Labute approximate surface area is 199 Å². The Kier molecular flexibility index (Phi) is 6.03. The number of benzene rings is 1. The van der Waals surface area contributed by atoms with Crippen molar-refractivity contribution in [1.82, 2.24) is 25.1 Å². The molecule has 180 valence electrons. The molecule has 3 aromatic rings. The van der Waals surface area contributed by atoms with E-state index in [-0.39, 0.29) is 17.2 Å². The van der Waals surface area contributed by atoms with E-state index >= 15 is 0 Å². The maximum atomic E-state index is 11.9. The molecule has 2 aromatic heterocycles. The van der Waals surface area contributed by atoms with Gasteiger partial charge in [-0.2, -0.15) is 4.98 Å². The third kappa shape index (κ3) is 4.65. The summed E-state index contributed by atoms with van der Waals surface area (Å²) in [4.78, 5) is 10.9. The lowest BCUT2D eigenvalue weighted by atomic mass is 9.93. The molecule has 1 aliphatic carbocycles. The van der Waals surface area contributed by atoms with Crippen molar-refractivity contribution in [1.29, 1.82) is 0 Å². The molecule has 0 unspecified atom stereocenters. The van der Waals surface area contributed by atoms with Gasteiger partial charge in [-0.1, -0.05) is 6.07 Å². The second kappa shape index (κ2) is 8.99. The molecule has 1 aliphatic heterocycles. The fourth-order valence-corrected chi connectivity index (χ4v) is 5.35. The molecule has 0 saturated carbocycles. The molecule has 5 rings (SSSR count). The van der Waals surface area contributed by atoms with Crippen molar-refractivity contribution < 1.29 is 13.2 Å². The number of piperidine rings is 1. The zero-order valence-corrected chi connectivity index (χ0v) is 20.6. The minimum atomic E-state index is -3.48. The molecule has 2 N–H and O–H groups in total. The normalized spacial score (nSPS) is 17.0. The molecular formula is C24H30N6O3S. The van der Waals surface area contributed by atoms with E-state index in [9.17, 15) is 8.42 Å². The van der Waals surface area contributed by atoms with Crippen LogP contribution in [0.1, 0.15) is 36.0 Å². The van der Waals surface area contributed by atoms with E-state index in [0.29, 0.717) is 5.88 Å². The van der Waals surface area contributed by atoms with Gasteiger partial charge in [-0.05, 0) is 74.4 Å². The molecule has 10 heteroatoms. The average molecular weight is 483 g/mol. The molecule has 1 saturated heterocycles. The Morgan fingerprint density at radius 3 is 2.74 bits per heavy atom. The van der Waals surface area contributed by atoms with Gasteiger partial charge in [-0.25, -0.2) is 18.5 Å². The molecule has 1 fully saturated rings. The number of anilines is 2. The van der Waals surface area contributed by atoms with E-state index in [4.69, 9.17) is 4.74 Å². The monoisotopic (exact) mass is 482 g/mol. The first kappa shape index (κ1) is 22.8. The summed E-state index contributed by atoms with van der Waals surface area (Å²) in [6, 6.07) is 6.23. The van der Waals surface area contributed by atoms with E-state index in [2.05, 4.69) is 50.4 Å². The second-order valence-electron chi connectivity index (χ2n) is 9.30. The summed E-state index contributed by atoms with van der Waals surface area (Å²) in [6.45, 7) is 4.14. The average Bonchev–Trinajstić information content (AvgIpc) is 3.45. The van der Waals surface area contributed by atoms with Gasteiger partial charge in [0.15, 0.2) is 0 Å². The molecule has 0 atom stereocenters. The number of hydrogen-bond acceptors (Lipinski definition) is 8. The van der Waals surface area contributed by atoms with Crippen LogP contribution in [0.2, 0.25) is 0 Å². The van der Waals surface area contributed by atoms with E-state index in [0.717, 1.165) is 73.8 Å². The van der Waals surface area contributed by atoms with Crippen LogP contribution in [0.25, 0.3) is 11.1 Å². The van der Waals surface area contributed by atoms with E-state index in [1.165, 1.54) is 11.1 Å².